The van der Waals surface area contributed by atoms with Gasteiger partial charge in [-0.05, 0) is 19.3 Å². The molecule has 0 saturated carbocycles. The van der Waals surface area contributed by atoms with Gasteiger partial charge in [0.25, 0.3) is 0 Å². The Kier molecular flexibility index (Phi) is 8.99. The fourth-order valence-electron chi connectivity index (χ4n) is 2.79. The summed E-state index contributed by atoms with van der Waals surface area (Å²) in [5.41, 5.74) is 5.54. The van der Waals surface area contributed by atoms with E-state index in [9.17, 15) is 28.8 Å². The molecule has 1 heterocycles. The summed E-state index contributed by atoms with van der Waals surface area (Å²) in [7, 11) is 0. The third kappa shape index (κ3) is 7.73. The maximum atomic E-state index is 12.3. The predicted octanol–water partition coefficient (Wildman–Crippen LogP) is -2.67. The Morgan fingerprint density at radius 1 is 1.07 bits per heavy atom. The fraction of sp³-hybridized carbons (Fsp3) is 0.625. The largest absolute Gasteiger partial charge is 0.481 e. The number of carboxylic acid groups (broad SMARTS) is 3. The number of hydrogen-bond donors (Lipinski definition) is 6. The lowest BCUT2D eigenvalue weighted by molar-refractivity contribution is -0.148. The molecule has 29 heavy (non-hydrogen) atoms. The molecule has 0 aromatic rings. The van der Waals surface area contributed by atoms with Crippen LogP contribution >= 0.6 is 0 Å². The average Bonchev–Trinajstić information content (AvgIpc) is 3.12. The van der Waals surface area contributed by atoms with Gasteiger partial charge in [0, 0.05) is 13.0 Å². The number of carbonyl (C=O) groups is 6. The molecular formula is C16H24N4O9. The highest BCUT2D eigenvalue weighted by Gasteiger charge is 2.36. The number of rotatable bonds is 11. The highest BCUT2D eigenvalue weighted by atomic mass is 16.4. The lowest BCUT2D eigenvalue weighted by Crippen LogP contribution is -2.53. The normalized spacial score (nSPS) is 17.8. The third-order valence-corrected chi connectivity index (χ3v) is 4.29. The number of nitrogens with two attached hydrogens (primary N) is 1. The molecule has 1 rings (SSSR count). The first-order chi connectivity index (χ1) is 13.5. The third-order valence-electron chi connectivity index (χ3n) is 4.29. The lowest BCUT2D eigenvalue weighted by atomic mass is 10.1. The van der Waals surface area contributed by atoms with E-state index in [1.807, 2.05) is 0 Å². The topological polar surface area (TPSA) is 216 Å². The van der Waals surface area contributed by atoms with Crippen molar-refractivity contribution < 1.29 is 44.1 Å². The van der Waals surface area contributed by atoms with Crippen LogP contribution in [-0.4, -0.2) is 87.1 Å². The Morgan fingerprint density at radius 3 is 2.28 bits per heavy atom. The molecule has 0 aromatic heterocycles. The van der Waals surface area contributed by atoms with Crippen LogP contribution in [0.2, 0.25) is 0 Å². The number of aliphatic carboxylic acids is 3. The quantitative estimate of drug-likeness (QED) is 0.205. The second kappa shape index (κ2) is 10.9. The second-order valence-corrected chi connectivity index (χ2v) is 6.50. The zero-order valence-electron chi connectivity index (χ0n) is 15.5. The minimum atomic E-state index is -1.63. The molecule has 1 aliphatic rings. The Labute approximate surface area is 165 Å². The van der Waals surface area contributed by atoms with Crippen molar-refractivity contribution in [3.8, 4) is 0 Å². The van der Waals surface area contributed by atoms with Crippen LogP contribution in [-0.2, 0) is 28.8 Å². The van der Waals surface area contributed by atoms with Crippen molar-refractivity contribution in [3.05, 3.63) is 0 Å². The average molecular weight is 416 g/mol. The molecule has 13 nitrogen and oxygen atoms in total. The summed E-state index contributed by atoms with van der Waals surface area (Å²) in [6.07, 6.45) is -0.510. The van der Waals surface area contributed by atoms with E-state index in [-0.39, 0.29) is 25.8 Å². The maximum absolute atomic E-state index is 12.3. The number of amides is 3. The number of carboxylic acids is 3. The van der Waals surface area contributed by atoms with Gasteiger partial charge in [-0.15, -0.1) is 0 Å². The van der Waals surface area contributed by atoms with Gasteiger partial charge >= 0.3 is 17.9 Å². The van der Waals surface area contributed by atoms with Crippen molar-refractivity contribution in [2.24, 2.45) is 5.73 Å². The molecule has 0 aliphatic carbocycles. The SMILES string of the molecule is NC(CCC(=O)O)C(=O)NCC(=O)N1CCCC1C(=O)NC(CC(=O)O)C(=O)O. The molecule has 0 aromatic carbocycles. The Bertz CT molecular complexity index is 681. The van der Waals surface area contributed by atoms with Gasteiger partial charge in [0.05, 0.1) is 19.0 Å². The number of nitrogens with one attached hydrogen (secondary N) is 2. The van der Waals surface area contributed by atoms with Gasteiger partial charge < -0.3 is 36.6 Å². The highest BCUT2D eigenvalue weighted by Crippen LogP contribution is 2.17. The van der Waals surface area contributed by atoms with Crippen LogP contribution in [0.15, 0.2) is 0 Å². The summed E-state index contributed by atoms with van der Waals surface area (Å²) in [6, 6.07) is -3.73. The summed E-state index contributed by atoms with van der Waals surface area (Å²) in [5, 5.41) is 30.7. The van der Waals surface area contributed by atoms with Gasteiger partial charge in [0.2, 0.25) is 17.7 Å². The zero-order chi connectivity index (χ0) is 22.1. The molecule has 3 atom stereocenters. The van der Waals surface area contributed by atoms with Gasteiger partial charge in [0.15, 0.2) is 0 Å². The molecule has 1 aliphatic heterocycles. The van der Waals surface area contributed by atoms with Gasteiger partial charge in [-0.2, -0.15) is 0 Å². The molecule has 0 bridgehead atoms. The number of carbonyl (C=O) groups excluding carboxylic acids is 3. The molecule has 0 radical (unpaired) electrons. The van der Waals surface area contributed by atoms with E-state index in [1.165, 1.54) is 0 Å². The number of nitrogens with zero attached hydrogens (tertiary/aromatic N) is 1. The standard InChI is InChI=1S/C16H24N4O9/c17-8(3-4-12(22)23)14(26)18-7-11(21)20-5-1-2-10(20)15(27)19-9(16(28)29)6-13(24)25/h8-10H,1-7,17H2,(H,18,26)(H,19,27)(H,22,23)(H,24,25)(H,28,29). The summed E-state index contributed by atoms with van der Waals surface area (Å²) < 4.78 is 0. The van der Waals surface area contributed by atoms with Gasteiger partial charge in [-0.25, -0.2) is 4.79 Å². The summed E-state index contributed by atoms with van der Waals surface area (Å²) in [6.45, 7) is -0.268. The highest BCUT2D eigenvalue weighted by molar-refractivity contribution is 5.93. The van der Waals surface area contributed by atoms with Gasteiger partial charge in [-0.3, -0.25) is 24.0 Å². The van der Waals surface area contributed by atoms with Crippen molar-refractivity contribution in [1.82, 2.24) is 15.5 Å². The van der Waals surface area contributed by atoms with E-state index in [0.717, 1.165) is 4.90 Å². The number of likely N-dealkylation sites (tertiary alicyclic amines) is 1. The lowest BCUT2D eigenvalue weighted by Gasteiger charge is -2.25. The van der Waals surface area contributed by atoms with Crippen LogP contribution in [0.5, 0.6) is 0 Å². The van der Waals surface area contributed by atoms with E-state index in [2.05, 4.69) is 10.6 Å². The minimum Gasteiger partial charge on any atom is -0.481 e. The summed E-state index contributed by atoms with van der Waals surface area (Å²) in [5.74, 6) is -6.15. The van der Waals surface area contributed by atoms with Crippen LogP contribution in [0.25, 0.3) is 0 Å². The maximum Gasteiger partial charge on any atom is 0.326 e. The number of hydrogen-bond acceptors (Lipinski definition) is 7. The van der Waals surface area contributed by atoms with Crippen molar-refractivity contribution in [2.45, 2.75) is 50.2 Å². The molecule has 1 saturated heterocycles. The van der Waals surface area contributed by atoms with E-state index in [4.69, 9.17) is 21.1 Å². The van der Waals surface area contributed by atoms with Crippen molar-refractivity contribution in [3.63, 3.8) is 0 Å². The molecule has 3 amide bonds. The van der Waals surface area contributed by atoms with E-state index in [0.29, 0.717) is 6.42 Å². The van der Waals surface area contributed by atoms with Crippen LogP contribution in [0.3, 0.4) is 0 Å². The fourth-order valence-corrected chi connectivity index (χ4v) is 2.79. The molecule has 1 fully saturated rings. The Morgan fingerprint density at radius 2 is 1.72 bits per heavy atom. The van der Waals surface area contributed by atoms with E-state index < -0.39 is 66.7 Å². The van der Waals surface area contributed by atoms with Crippen molar-refractivity contribution in [1.29, 1.82) is 0 Å². The molecular weight excluding hydrogens is 392 g/mol. The first-order valence-corrected chi connectivity index (χ1v) is 8.82. The molecule has 7 N–H and O–H groups in total. The smallest absolute Gasteiger partial charge is 0.326 e. The molecule has 162 valence electrons. The van der Waals surface area contributed by atoms with E-state index >= 15 is 0 Å². The predicted molar refractivity (Wildman–Crippen MR) is 94.4 cm³/mol. The molecule has 3 unspecified atom stereocenters. The molecule has 0 spiro atoms. The van der Waals surface area contributed by atoms with Crippen molar-refractivity contribution >= 4 is 35.6 Å². The van der Waals surface area contributed by atoms with Crippen LogP contribution in [0, 0.1) is 0 Å². The monoisotopic (exact) mass is 416 g/mol. The summed E-state index contributed by atoms with van der Waals surface area (Å²) in [4.78, 5) is 69.9. The Hall–Kier alpha value is -3.22. The second-order valence-electron chi connectivity index (χ2n) is 6.50. The van der Waals surface area contributed by atoms with E-state index in [1.54, 1.807) is 0 Å². The van der Waals surface area contributed by atoms with Crippen molar-refractivity contribution in [2.75, 3.05) is 13.1 Å². The zero-order valence-corrected chi connectivity index (χ0v) is 15.5. The van der Waals surface area contributed by atoms with Gasteiger partial charge in [-0.1, -0.05) is 0 Å². The first kappa shape index (κ1) is 23.8. The van der Waals surface area contributed by atoms with Crippen LogP contribution in [0.1, 0.15) is 32.1 Å². The first-order valence-electron chi connectivity index (χ1n) is 8.82. The van der Waals surface area contributed by atoms with Gasteiger partial charge in [0.1, 0.15) is 12.1 Å². The van der Waals surface area contributed by atoms with Crippen LogP contribution in [0.4, 0.5) is 0 Å². The molecule has 13 heteroatoms. The van der Waals surface area contributed by atoms with Crippen LogP contribution < -0.4 is 16.4 Å². The minimum absolute atomic E-state index is 0.107. The summed E-state index contributed by atoms with van der Waals surface area (Å²) >= 11 is 0. The Balaban J connectivity index is 2.61.